The van der Waals surface area contributed by atoms with E-state index in [1.807, 2.05) is 18.2 Å². The molecule has 4 nitrogen and oxygen atoms in total. The van der Waals surface area contributed by atoms with Crippen LogP contribution in [-0.4, -0.2) is 11.5 Å². The molecule has 1 saturated carbocycles. The van der Waals surface area contributed by atoms with Gasteiger partial charge < -0.3 is 15.5 Å². The number of aromatic nitrogens is 1. The zero-order valence-corrected chi connectivity index (χ0v) is 8.36. The van der Waals surface area contributed by atoms with E-state index in [1.165, 1.54) is 12.8 Å². The summed E-state index contributed by atoms with van der Waals surface area (Å²) in [7, 11) is 0. The van der Waals surface area contributed by atoms with Crippen molar-refractivity contribution in [3.63, 3.8) is 0 Å². The lowest BCUT2D eigenvalue weighted by Gasteiger charge is -1.96. The van der Waals surface area contributed by atoms with Crippen molar-refractivity contribution in [2.24, 2.45) is 5.92 Å². The molecule has 2 aromatic rings. The van der Waals surface area contributed by atoms with E-state index in [9.17, 15) is 0 Å². The molecule has 0 amide bonds. The maximum Gasteiger partial charge on any atom is 0.295 e. The van der Waals surface area contributed by atoms with E-state index >= 15 is 0 Å². The quantitative estimate of drug-likeness (QED) is 0.751. The van der Waals surface area contributed by atoms with E-state index in [0.29, 0.717) is 11.7 Å². The number of benzene rings is 1. The Kier molecular flexibility index (Phi) is 1.80. The van der Waals surface area contributed by atoms with Crippen molar-refractivity contribution >= 4 is 22.8 Å². The van der Waals surface area contributed by atoms with Gasteiger partial charge in [0.25, 0.3) is 6.01 Å². The summed E-state index contributed by atoms with van der Waals surface area (Å²) in [6.07, 6.45) is 2.64. The molecule has 1 aromatic carbocycles. The second kappa shape index (κ2) is 3.15. The Morgan fingerprint density at radius 1 is 1.47 bits per heavy atom. The van der Waals surface area contributed by atoms with Crippen molar-refractivity contribution < 1.29 is 4.42 Å². The summed E-state index contributed by atoms with van der Waals surface area (Å²) in [5.41, 5.74) is 7.97. The van der Waals surface area contributed by atoms with Gasteiger partial charge in [0.05, 0.1) is 0 Å². The van der Waals surface area contributed by atoms with E-state index in [2.05, 4.69) is 10.3 Å². The summed E-state index contributed by atoms with van der Waals surface area (Å²) in [4.78, 5) is 4.32. The summed E-state index contributed by atoms with van der Waals surface area (Å²) in [6, 6.07) is 6.08. The van der Waals surface area contributed by atoms with Crippen LogP contribution in [0.4, 0.5) is 11.7 Å². The van der Waals surface area contributed by atoms with Crippen LogP contribution in [0.25, 0.3) is 11.1 Å². The molecule has 0 atom stereocenters. The predicted molar refractivity (Wildman–Crippen MR) is 59.6 cm³/mol. The normalized spacial score (nSPS) is 15.7. The fourth-order valence-electron chi connectivity index (χ4n) is 1.57. The first-order valence-corrected chi connectivity index (χ1v) is 5.21. The maximum absolute atomic E-state index is 5.66. The lowest BCUT2D eigenvalue weighted by Crippen LogP contribution is -2.02. The Morgan fingerprint density at radius 2 is 2.33 bits per heavy atom. The molecule has 1 heterocycles. The molecule has 3 N–H and O–H groups in total. The minimum atomic E-state index is 0.600. The van der Waals surface area contributed by atoms with Gasteiger partial charge in [-0.15, -0.1) is 0 Å². The average molecular weight is 203 g/mol. The van der Waals surface area contributed by atoms with Crippen LogP contribution in [0.3, 0.4) is 0 Å². The topological polar surface area (TPSA) is 64.1 Å². The van der Waals surface area contributed by atoms with E-state index in [4.69, 9.17) is 10.2 Å². The Balaban J connectivity index is 1.84. The van der Waals surface area contributed by atoms with Crippen molar-refractivity contribution in [2.75, 3.05) is 17.6 Å². The summed E-state index contributed by atoms with van der Waals surface area (Å²) in [5.74, 6) is 0.810. The van der Waals surface area contributed by atoms with Gasteiger partial charge in [0.15, 0.2) is 5.58 Å². The Labute approximate surface area is 87.5 Å². The number of nitrogens with one attached hydrogen (secondary N) is 1. The minimum Gasteiger partial charge on any atom is -0.424 e. The van der Waals surface area contributed by atoms with Crippen molar-refractivity contribution in [3.05, 3.63) is 18.2 Å². The van der Waals surface area contributed by atoms with Crippen molar-refractivity contribution in [2.45, 2.75) is 12.8 Å². The fraction of sp³-hybridized carbons (Fsp3) is 0.364. The molecule has 1 aliphatic carbocycles. The van der Waals surface area contributed by atoms with Gasteiger partial charge in [0.1, 0.15) is 5.52 Å². The van der Waals surface area contributed by atoms with Crippen molar-refractivity contribution in [1.82, 2.24) is 4.98 Å². The monoisotopic (exact) mass is 203 g/mol. The number of nitrogens with two attached hydrogens (primary N) is 1. The highest BCUT2D eigenvalue weighted by molar-refractivity contribution is 5.78. The van der Waals surface area contributed by atoms with E-state index in [1.54, 1.807) is 0 Å². The molecule has 0 unspecified atom stereocenters. The minimum absolute atomic E-state index is 0.600. The largest absolute Gasteiger partial charge is 0.424 e. The van der Waals surface area contributed by atoms with Crippen LogP contribution in [0, 0.1) is 5.92 Å². The van der Waals surface area contributed by atoms with E-state index in [0.717, 1.165) is 23.6 Å². The average Bonchev–Trinajstić information content (AvgIpc) is 2.95. The standard InChI is InChI=1S/C11H13N3O/c12-8-3-4-10-9(5-8)14-11(15-10)13-6-7-1-2-7/h3-5,7H,1-2,6,12H2,(H,13,14). The van der Waals surface area contributed by atoms with Gasteiger partial charge >= 0.3 is 0 Å². The van der Waals surface area contributed by atoms with Crippen molar-refractivity contribution in [3.8, 4) is 0 Å². The van der Waals surface area contributed by atoms with E-state index < -0.39 is 0 Å². The maximum atomic E-state index is 5.66. The number of anilines is 2. The highest BCUT2D eigenvalue weighted by Gasteiger charge is 2.21. The van der Waals surface area contributed by atoms with Gasteiger partial charge in [-0.2, -0.15) is 4.98 Å². The number of fused-ring (bicyclic) bond motifs is 1. The van der Waals surface area contributed by atoms with Gasteiger partial charge in [-0.1, -0.05) is 0 Å². The molecule has 0 aliphatic heterocycles. The van der Waals surface area contributed by atoms with Crippen LogP contribution >= 0.6 is 0 Å². The molecular formula is C11H13N3O. The Morgan fingerprint density at radius 3 is 3.13 bits per heavy atom. The third-order valence-electron chi connectivity index (χ3n) is 2.65. The molecule has 0 bridgehead atoms. The number of nitrogens with zero attached hydrogens (tertiary/aromatic N) is 1. The van der Waals surface area contributed by atoms with Gasteiger partial charge in [0.2, 0.25) is 0 Å². The van der Waals surface area contributed by atoms with E-state index in [-0.39, 0.29) is 0 Å². The van der Waals surface area contributed by atoms with Gasteiger partial charge in [0, 0.05) is 12.2 Å². The molecule has 78 valence electrons. The van der Waals surface area contributed by atoms with Crippen LogP contribution in [-0.2, 0) is 0 Å². The number of hydrogen-bond acceptors (Lipinski definition) is 4. The van der Waals surface area contributed by atoms with Crippen LogP contribution in [0.15, 0.2) is 22.6 Å². The van der Waals surface area contributed by atoms with Crippen molar-refractivity contribution in [1.29, 1.82) is 0 Å². The number of hydrogen-bond donors (Lipinski definition) is 2. The van der Waals surface area contributed by atoms with Gasteiger partial charge in [-0.25, -0.2) is 0 Å². The highest BCUT2D eigenvalue weighted by atomic mass is 16.4. The summed E-state index contributed by atoms with van der Waals surface area (Å²) < 4.78 is 5.52. The predicted octanol–water partition coefficient (Wildman–Crippen LogP) is 2.23. The third-order valence-corrected chi connectivity index (χ3v) is 2.65. The molecule has 4 heteroatoms. The smallest absolute Gasteiger partial charge is 0.295 e. The lowest BCUT2D eigenvalue weighted by atomic mass is 10.3. The Bertz CT molecular complexity index is 488. The summed E-state index contributed by atoms with van der Waals surface area (Å²) in [6.45, 7) is 0.961. The third kappa shape index (κ3) is 1.75. The molecule has 0 radical (unpaired) electrons. The van der Waals surface area contributed by atoms with Gasteiger partial charge in [-0.3, -0.25) is 0 Å². The number of oxazole rings is 1. The molecular weight excluding hydrogens is 190 g/mol. The van der Waals surface area contributed by atoms with Crippen LogP contribution in [0.2, 0.25) is 0 Å². The van der Waals surface area contributed by atoms with Gasteiger partial charge in [-0.05, 0) is 37.0 Å². The molecule has 15 heavy (non-hydrogen) atoms. The van der Waals surface area contributed by atoms with Crippen LogP contribution in [0.1, 0.15) is 12.8 Å². The fourth-order valence-corrected chi connectivity index (χ4v) is 1.57. The van der Waals surface area contributed by atoms with Crippen LogP contribution < -0.4 is 11.1 Å². The summed E-state index contributed by atoms with van der Waals surface area (Å²) in [5, 5.41) is 3.20. The molecule has 1 aliphatic rings. The molecule has 0 spiro atoms. The zero-order valence-electron chi connectivity index (χ0n) is 8.36. The molecule has 1 aromatic heterocycles. The first-order valence-electron chi connectivity index (χ1n) is 5.21. The summed E-state index contributed by atoms with van der Waals surface area (Å²) >= 11 is 0. The first-order chi connectivity index (χ1) is 7.31. The molecule has 3 rings (SSSR count). The first kappa shape index (κ1) is 8.59. The zero-order chi connectivity index (χ0) is 10.3. The number of nitrogen functional groups attached to an aromatic ring is 1. The number of rotatable bonds is 3. The lowest BCUT2D eigenvalue weighted by molar-refractivity contribution is 0.611. The SMILES string of the molecule is Nc1ccc2oc(NCC3CC3)nc2c1. The Hall–Kier alpha value is -1.71. The molecule has 1 fully saturated rings. The van der Waals surface area contributed by atoms with Crippen LogP contribution in [0.5, 0.6) is 0 Å². The molecule has 0 saturated heterocycles. The second-order valence-electron chi connectivity index (χ2n) is 4.07. The highest BCUT2D eigenvalue weighted by Crippen LogP contribution is 2.29. The second-order valence-corrected chi connectivity index (χ2v) is 4.07.